The van der Waals surface area contributed by atoms with Gasteiger partial charge in [0.2, 0.25) is 0 Å². The maximum atomic E-state index is 13.4. The minimum Gasteiger partial charge on any atom is -0.329 e. The minimum absolute atomic E-state index is 0.0842. The van der Waals surface area contributed by atoms with E-state index in [9.17, 15) is 8.78 Å². The zero-order valence-electron chi connectivity index (χ0n) is 12.1. The number of hydrogen-bond acceptors (Lipinski definition) is 3. The van der Waals surface area contributed by atoms with Crippen molar-refractivity contribution in [2.75, 3.05) is 33.7 Å². The smallest absolute Gasteiger partial charge is 0.159 e. The number of hydrogen-bond donors (Lipinski definition) is 1. The number of likely N-dealkylation sites (N-methyl/N-ethyl adjacent to an activating group) is 2. The van der Waals surface area contributed by atoms with E-state index in [2.05, 4.69) is 16.8 Å². The van der Waals surface area contributed by atoms with Gasteiger partial charge in [-0.25, -0.2) is 8.78 Å². The average molecular weight is 283 g/mol. The molecule has 0 radical (unpaired) electrons. The van der Waals surface area contributed by atoms with Gasteiger partial charge in [0, 0.05) is 25.2 Å². The first-order chi connectivity index (χ1) is 9.52. The van der Waals surface area contributed by atoms with Gasteiger partial charge in [-0.15, -0.1) is 0 Å². The van der Waals surface area contributed by atoms with Crippen LogP contribution in [0.5, 0.6) is 0 Å². The summed E-state index contributed by atoms with van der Waals surface area (Å²) < 4.78 is 26.4. The lowest BCUT2D eigenvalue weighted by Gasteiger charge is -2.32. The standard InChI is InChI=1S/C15H23F2N3/c1-19-7-3-4-12(19)10-20(2)15(9-18)11-5-6-13(16)14(17)8-11/h5-6,8,12,15H,3-4,7,9-10,18H2,1-2H3. The van der Waals surface area contributed by atoms with Crippen molar-refractivity contribution in [3.63, 3.8) is 0 Å². The Balaban J connectivity index is 2.08. The molecule has 1 aromatic rings. The van der Waals surface area contributed by atoms with Crippen LogP contribution < -0.4 is 5.73 Å². The maximum absolute atomic E-state index is 13.4. The van der Waals surface area contributed by atoms with Crippen molar-refractivity contribution < 1.29 is 8.78 Å². The van der Waals surface area contributed by atoms with Crippen molar-refractivity contribution in [3.05, 3.63) is 35.4 Å². The maximum Gasteiger partial charge on any atom is 0.159 e. The molecule has 20 heavy (non-hydrogen) atoms. The minimum atomic E-state index is -0.817. The molecular weight excluding hydrogens is 260 g/mol. The summed E-state index contributed by atoms with van der Waals surface area (Å²) >= 11 is 0. The van der Waals surface area contributed by atoms with Crippen molar-refractivity contribution in [2.45, 2.75) is 24.9 Å². The molecule has 0 spiro atoms. The molecule has 1 fully saturated rings. The highest BCUT2D eigenvalue weighted by molar-refractivity contribution is 5.21. The van der Waals surface area contributed by atoms with E-state index >= 15 is 0 Å². The SMILES string of the molecule is CN1CCCC1CN(C)C(CN)c1ccc(F)c(F)c1. The molecule has 112 valence electrons. The van der Waals surface area contributed by atoms with Gasteiger partial charge in [0.1, 0.15) is 0 Å². The van der Waals surface area contributed by atoms with E-state index in [1.807, 2.05) is 7.05 Å². The molecule has 2 unspecified atom stereocenters. The molecule has 0 aliphatic carbocycles. The Morgan fingerprint density at radius 2 is 2.15 bits per heavy atom. The van der Waals surface area contributed by atoms with Crippen LogP contribution in [0, 0.1) is 11.6 Å². The molecule has 1 aliphatic rings. The molecule has 1 aromatic carbocycles. The summed E-state index contributed by atoms with van der Waals surface area (Å²) in [5.41, 5.74) is 6.56. The van der Waals surface area contributed by atoms with Crippen molar-refractivity contribution in [1.82, 2.24) is 9.80 Å². The fourth-order valence-electron chi connectivity index (χ4n) is 2.96. The van der Waals surface area contributed by atoms with Crippen molar-refractivity contribution >= 4 is 0 Å². The second-order valence-electron chi connectivity index (χ2n) is 5.64. The largest absolute Gasteiger partial charge is 0.329 e. The van der Waals surface area contributed by atoms with E-state index < -0.39 is 11.6 Å². The summed E-state index contributed by atoms with van der Waals surface area (Å²) in [6.07, 6.45) is 2.39. The van der Waals surface area contributed by atoms with Crippen molar-refractivity contribution in [2.24, 2.45) is 5.73 Å². The number of benzene rings is 1. The fraction of sp³-hybridized carbons (Fsp3) is 0.600. The van der Waals surface area contributed by atoms with Gasteiger partial charge in [-0.3, -0.25) is 4.90 Å². The van der Waals surface area contributed by atoms with E-state index in [1.165, 1.54) is 25.0 Å². The summed E-state index contributed by atoms with van der Waals surface area (Å²) in [5.74, 6) is -1.63. The summed E-state index contributed by atoms with van der Waals surface area (Å²) in [4.78, 5) is 4.48. The van der Waals surface area contributed by atoms with E-state index in [0.717, 1.165) is 18.7 Å². The van der Waals surface area contributed by atoms with Gasteiger partial charge in [0.15, 0.2) is 11.6 Å². The molecule has 0 bridgehead atoms. The van der Waals surface area contributed by atoms with Gasteiger partial charge in [-0.2, -0.15) is 0 Å². The highest BCUT2D eigenvalue weighted by Crippen LogP contribution is 2.23. The second kappa shape index (κ2) is 6.61. The number of likely N-dealkylation sites (tertiary alicyclic amines) is 1. The Bertz CT molecular complexity index is 453. The summed E-state index contributed by atoms with van der Waals surface area (Å²) in [6, 6.07) is 4.47. The van der Waals surface area contributed by atoms with E-state index in [0.29, 0.717) is 12.6 Å². The number of nitrogens with zero attached hydrogens (tertiary/aromatic N) is 2. The molecule has 0 aromatic heterocycles. The van der Waals surface area contributed by atoms with Gasteiger partial charge < -0.3 is 10.6 Å². The molecule has 1 aliphatic heterocycles. The molecule has 1 heterocycles. The van der Waals surface area contributed by atoms with Crippen molar-refractivity contribution in [3.8, 4) is 0 Å². The first-order valence-electron chi connectivity index (χ1n) is 7.08. The van der Waals surface area contributed by atoms with Crippen LogP contribution in [-0.4, -0.2) is 49.6 Å². The summed E-state index contributed by atoms with van der Waals surface area (Å²) in [7, 11) is 4.12. The molecular formula is C15H23F2N3. The summed E-state index contributed by atoms with van der Waals surface area (Å²) in [6.45, 7) is 2.40. The predicted molar refractivity (Wildman–Crippen MR) is 76.4 cm³/mol. The van der Waals surface area contributed by atoms with E-state index in [1.54, 1.807) is 6.07 Å². The normalized spacial score (nSPS) is 21.6. The van der Waals surface area contributed by atoms with Gasteiger partial charge in [0.25, 0.3) is 0 Å². The van der Waals surface area contributed by atoms with Gasteiger partial charge in [0.05, 0.1) is 0 Å². The quantitative estimate of drug-likeness (QED) is 0.897. The third-order valence-corrected chi connectivity index (χ3v) is 4.25. The lowest BCUT2D eigenvalue weighted by molar-refractivity contribution is 0.179. The fourth-order valence-corrected chi connectivity index (χ4v) is 2.96. The Morgan fingerprint density at radius 1 is 1.40 bits per heavy atom. The van der Waals surface area contributed by atoms with Gasteiger partial charge >= 0.3 is 0 Å². The Labute approximate surface area is 119 Å². The lowest BCUT2D eigenvalue weighted by Crippen LogP contribution is -2.40. The van der Waals surface area contributed by atoms with Gasteiger partial charge in [-0.1, -0.05) is 6.07 Å². The Morgan fingerprint density at radius 3 is 2.70 bits per heavy atom. The second-order valence-corrected chi connectivity index (χ2v) is 5.64. The zero-order valence-corrected chi connectivity index (χ0v) is 12.1. The molecule has 1 saturated heterocycles. The molecule has 3 nitrogen and oxygen atoms in total. The first kappa shape index (κ1) is 15.4. The third kappa shape index (κ3) is 3.34. The lowest BCUT2D eigenvalue weighted by atomic mass is 10.0. The van der Waals surface area contributed by atoms with Crippen LogP contribution in [0.1, 0.15) is 24.4 Å². The van der Waals surface area contributed by atoms with Crippen LogP contribution in [-0.2, 0) is 0 Å². The molecule has 5 heteroatoms. The first-order valence-corrected chi connectivity index (χ1v) is 7.08. The zero-order chi connectivity index (χ0) is 14.7. The molecule has 2 rings (SSSR count). The van der Waals surface area contributed by atoms with Crippen LogP contribution in [0.15, 0.2) is 18.2 Å². The Hall–Kier alpha value is -1.04. The number of rotatable bonds is 5. The molecule has 0 amide bonds. The van der Waals surface area contributed by atoms with E-state index in [4.69, 9.17) is 5.73 Å². The molecule has 2 N–H and O–H groups in total. The molecule has 0 saturated carbocycles. The Kier molecular flexibility index (Phi) is 5.07. The van der Waals surface area contributed by atoms with Crippen LogP contribution in [0.2, 0.25) is 0 Å². The van der Waals surface area contributed by atoms with Crippen LogP contribution in [0.25, 0.3) is 0 Å². The van der Waals surface area contributed by atoms with Crippen LogP contribution in [0.4, 0.5) is 8.78 Å². The van der Waals surface area contributed by atoms with E-state index in [-0.39, 0.29) is 6.04 Å². The van der Waals surface area contributed by atoms with Crippen LogP contribution >= 0.6 is 0 Å². The topological polar surface area (TPSA) is 32.5 Å². The average Bonchev–Trinajstić information content (AvgIpc) is 2.80. The molecule has 2 atom stereocenters. The highest BCUT2D eigenvalue weighted by atomic mass is 19.2. The van der Waals surface area contributed by atoms with Crippen molar-refractivity contribution in [1.29, 1.82) is 0 Å². The number of halogens is 2. The monoisotopic (exact) mass is 283 g/mol. The van der Waals surface area contributed by atoms with Gasteiger partial charge in [-0.05, 0) is 51.2 Å². The third-order valence-electron chi connectivity index (χ3n) is 4.25. The number of nitrogens with two attached hydrogens (primary N) is 1. The van der Waals surface area contributed by atoms with Crippen LogP contribution in [0.3, 0.4) is 0 Å². The highest BCUT2D eigenvalue weighted by Gasteiger charge is 2.25. The predicted octanol–water partition coefficient (Wildman–Crippen LogP) is 1.99. The summed E-state index contributed by atoms with van der Waals surface area (Å²) in [5, 5.41) is 0.